The molecule has 3 rings (SSSR count). The number of hydrogen-bond acceptors (Lipinski definition) is 4. The first-order chi connectivity index (χ1) is 12.5. The van der Waals surface area contributed by atoms with E-state index >= 15 is 0 Å². The normalized spacial score (nSPS) is 18.8. The fraction of sp³-hybridized carbons (Fsp3) is 0.381. The average molecular weight is 372 g/mol. The molecule has 26 heavy (non-hydrogen) atoms. The van der Waals surface area contributed by atoms with Gasteiger partial charge in [0.2, 0.25) is 5.91 Å². The minimum absolute atomic E-state index is 0.0692. The van der Waals surface area contributed by atoms with Crippen LogP contribution in [0.2, 0.25) is 0 Å². The van der Waals surface area contributed by atoms with Gasteiger partial charge in [-0.1, -0.05) is 30.3 Å². The van der Waals surface area contributed by atoms with Gasteiger partial charge in [-0.15, -0.1) is 11.8 Å². The minimum atomic E-state index is -0.462. The highest BCUT2D eigenvalue weighted by Gasteiger charge is 2.47. The van der Waals surface area contributed by atoms with Crippen LogP contribution in [0.15, 0.2) is 48.5 Å². The fourth-order valence-corrected chi connectivity index (χ4v) is 4.55. The van der Waals surface area contributed by atoms with Crippen molar-refractivity contribution in [2.24, 2.45) is 0 Å². The van der Waals surface area contributed by atoms with Gasteiger partial charge in [-0.2, -0.15) is 0 Å². The van der Waals surface area contributed by atoms with Gasteiger partial charge < -0.3 is 14.4 Å². The van der Waals surface area contributed by atoms with Crippen LogP contribution in [0.5, 0.6) is 11.5 Å². The number of methoxy groups -OCH3 is 1. The molecule has 0 aliphatic carbocycles. The molecule has 4 nitrogen and oxygen atoms in total. The second-order valence-electron chi connectivity index (χ2n) is 6.73. The Morgan fingerprint density at radius 3 is 2.46 bits per heavy atom. The molecule has 1 unspecified atom stereocenters. The van der Waals surface area contributed by atoms with E-state index in [1.165, 1.54) is 0 Å². The molecule has 0 saturated carbocycles. The molecule has 2 aromatic rings. The van der Waals surface area contributed by atoms with E-state index < -0.39 is 4.75 Å². The molecule has 0 bridgehead atoms. The first-order valence-electron chi connectivity index (χ1n) is 8.80. The van der Waals surface area contributed by atoms with Crippen molar-refractivity contribution < 1.29 is 14.3 Å². The quantitative estimate of drug-likeness (QED) is 0.741. The summed E-state index contributed by atoms with van der Waals surface area (Å²) in [5.74, 6) is 1.81. The Morgan fingerprint density at radius 1 is 1.12 bits per heavy atom. The molecule has 138 valence electrons. The van der Waals surface area contributed by atoms with Gasteiger partial charge >= 0.3 is 0 Å². The van der Waals surface area contributed by atoms with E-state index in [2.05, 4.69) is 0 Å². The molecule has 1 aliphatic rings. The maximum atomic E-state index is 13.0. The molecular weight excluding hydrogens is 346 g/mol. The predicted molar refractivity (Wildman–Crippen MR) is 106 cm³/mol. The lowest BCUT2D eigenvalue weighted by Gasteiger charge is -2.25. The highest BCUT2D eigenvalue weighted by Crippen LogP contribution is 2.51. The number of hydrogen-bond donors (Lipinski definition) is 0. The first kappa shape index (κ1) is 18.6. The highest BCUT2D eigenvalue weighted by atomic mass is 32.2. The maximum absolute atomic E-state index is 13.0. The van der Waals surface area contributed by atoms with Gasteiger partial charge in [0, 0.05) is 12.1 Å². The second kappa shape index (κ2) is 7.62. The number of thioether (sulfide) groups is 1. The first-order valence-corrected chi connectivity index (χ1v) is 9.67. The summed E-state index contributed by atoms with van der Waals surface area (Å²) in [4.78, 5) is 15.0. The number of nitrogens with zero attached hydrogens (tertiary/aromatic N) is 1. The third-order valence-electron chi connectivity index (χ3n) is 4.46. The molecule has 1 aliphatic heterocycles. The molecule has 1 amide bonds. The molecule has 1 fully saturated rings. The average Bonchev–Trinajstić information content (AvgIpc) is 2.87. The molecule has 0 spiro atoms. The van der Waals surface area contributed by atoms with E-state index in [0.29, 0.717) is 13.2 Å². The van der Waals surface area contributed by atoms with E-state index in [1.54, 1.807) is 18.9 Å². The summed E-state index contributed by atoms with van der Waals surface area (Å²) in [6, 6.07) is 15.9. The number of rotatable bonds is 6. The van der Waals surface area contributed by atoms with Crippen LogP contribution in [0.3, 0.4) is 0 Å². The summed E-state index contributed by atoms with van der Waals surface area (Å²) in [5, 5.41) is -0.0692. The van der Waals surface area contributed by atoms with E-state index in [-0.39, 0.29) is 11.3 Å². The van der Waals surface area contributed by atoms with Crippen LogP contribution in [0, 0.1) is 0 Å². The Hall–Kier alpha value is -2.14. The molecule has 5 heteroatoms. The zero-order valence-corrected chi connectivity index (χ0v) is 16.5. The molecule has 1 heterocycles. The second-order valence-corrected chi connectivity index (χ2v) is 8.44. The van der Waals surface area contributed by atoms with Gasteiger partial charge in [-0.3, -0.25) is 4.79 Å². The van der Waals surface area contributed by atoms with E-state index in [9.17, 15) is 4.79 Å². The van der Waals surface area contributed by atoms with Crippen molar-refractivity contribution in [3.05, 3.63) is 59.7 Å². The standard InChI is InChI=1S/C21H25NO3S/c1-5-25-16-12-10-15(11-13-16)14-22-19(26-21(2,3)20(22)23)17-8-6-7-9-18(17)24-4/h6-13,19H,5,14H2,1-4H3. The van der Waals surface area contributed by atoms with Crippen LogP contribution in [0.25, 0.3) is 0 Å². The molecule has 0 aromatic heterocycles. The monoisotopic (exact) mass is 371 g/mol. The van der Waals surface area contributed by atoms with Gasteiger partial charge in [-0.05, 0) is 44.5 Å². The fourth-order valence-electron chi connectivity index (χ4n) is 3.16. The number of carbonyl (C=O) groups is 1. The largest absolute Gasteiger partial charge is 0.496 e. The lowest BCUT2D eigenvalue weighted by Crippen LogP contribution is -2.35. The Bertz CT molecular complexity index is 773. The predicted octanol–water partition coefficient (Wildman–Crippen LogP) is 4.65. The zero-order valence-electron chi connectivity index (χ0n) is 15.7. The SMILES string of the molecule is CCOc1ccc(CN2C(=O)C(C)(C)SC2c2ccccc2OC)cc1. The topological polar surface area (TPSA) is 38.8 Å². The summed E-state index contributed by atoms with van der Waals surface area (Å²) in [5.41, 5.74) is 2.12. The Kier molecular flexibility index (Phi) is 5.47. The highest BCUT2D eigenvalue weighted by molar-refractivity contribution is 8.02. The number of amides is 1. The van der Waals surface area contributed by atoms with Crippen LogP contribution in [0.4, 0.5) is 0 Å². The van der Waals surface area contributed by atoms with Gasteiger partial charge in [0.15, 0.2) is 0 Å². The van der Waals surface area contributed by atoms with E-state index in [1.807, 2.05) is 74.2 Å². The summed E-state index contributed by atoms with van der Waals surface area (Å²) in [6.07, 6.45) is 0. The van der Waals surface area contributed by atoms with Crippen molar-refractivity contribution in [3.63, 3.8) is 0 Å². The van der Waals surface area contributed by atoms with E-state index in [4.69, 9.17) is 9.47 Å². The van der Waals surface area contributed by atoms with Gasteiger partial charge in [0.05, 0.1) is 18.5 Å². The maximum Gasteiger partial charge on any atom is 0.239 e. The van der Waals surface area contributed by atoms with Crippen molar-refractivity contribution in [3.8, 4) is 11.5 Å². The summed E-state index contributed by atoms with van der Waals surface area (Å²) in [6.45, 7) is 7.14. The van der Waals surface area contributed by atoms with Gasteiger partial charge in [0.25, 0.3) is 0 Å². The third-order valence-corrected chi connectivity index (χ3v) is 5.95. The zero-order chi connectivity index (χ0) is 18.7. The lowest BCUT2D eigenvalue weighted by molar-refractivity contribution is -0.132. The minimum Gasteiger partial charge on any atom is -0.496 e. The van der Waals surface area contributed by atoms with Crippen molar-refractivity contribution in [1.82, 2.24) is 4.90 Å². The molecule has 0 N–H and O–H groups in total. The number of para-hydroxylation sites is 1. The van der Waals surface area contributed by atoms with Crippen molar-refractivity contribution in [1.29, 1.82) is 0 Å². The number of ether oxygens (including phenoxy) is 2. The summed E-state index contributed by atoms with van der Waals surface area (Å²) < 4.78 is 10.6. The summed E-state index contributed by atoms with van der Waals surface area (Å²) >= 11 is 1.67. The van der Waals surface area contributed by atoms with E-state index in [0.717, 1.165) is 22.6 Å². The van der Waals surface area contributed by atoms with Crippen LogP contribution in [0.1, 0.15) is 37.3 Å². The summed E-state index contributed by atoms with van der Waals surface area (Å²) in [7, 11) is 1.67. The molecule has 0 radical (unpaired) electrons. The van der Waals surface area contributed by atoms with Crippen LogP contribution in [-0.2, 0) is 11.3 Å². The van der Waals surface area contributed by atoms with Crippen molar-refractivity contribution in [2.75, 3.05) is 13.7 Å². The van der Waals surface area contributed by atoms with Gasteiger partial charge in [-0.25, -0.2) is 0 Å². The Morgan fingerprint density at radius 2 is 1.81 bits per heavy atom. The van der Waals surface area contributed by atoms with Crippen LogP contribution >= 0.6 is 11.8 Å². The van der Waals surface area contributed by atoms with Gasteiger partial charge in [0.1, 0.15) is 16.9 Å². The lowest BCUT2D eigenvalue weighted by atomic mass is 10.1. The smallest absolute Gasteiger partial charge is 0.239 e. The van der Waals surface area contributed by atoms with Crippen LogP contribution in [-0.4, -0.2) is 29.3 Å². The third kappa shape index (κ3) is 3.68. The van der Waals surface area contributed by atoms with Crippen molar-refractivity contribution in [2.45, 2.75) is 37.4 Å². The Labute approximate surface area is 159 Å². The molecular formula is C21H25NO3S. The molecule has 1 atom stereocenters. The number of carbonyl (C=O) groups excluding carboxylic acids is 1. The van der Waals surface area contributed by atoms with Crippen LogP contribution < -0.4 is 9.47 Å². The molecule has 2 aromatic carbocycles. The number of benzene rings is 2. The molecule has 1 saturated heterocycles. The Balaban J connectivity index is 1.90. The van der Waals surface area contributed by atoms with Crippen molar-refractivity contribution >= 4 is 17.7 Å².